The molecule has 0 amide bonds. The summed E-state index contributed by atoms with van der Waals surface area (Å²) in [7, 11) is 1.76. The van der Waals surface area contributed by atoms with Crippen LogP contribution in [0.2, 0.25) is 0 Å². The highest BCUT2D eigenvalue weighted by Crippen LogP contribution is 2.37. The highest BCUT2D eigenvalue weighted by molar-refractivity contribution is 7.98. The molecule has 5 heteroatoms. The molecule has 0 fully saturated rings. The number of nitrogens with zero attached hydrogens (tertiary/aromatic N) is 3. The minimum atomic E-state index is 0.704. The van der Waals surface area contributed by atoms with Gasteiger partial charge in [-0.2, -0.15) is 0 Å². The summed E-state index contributed by atoms with van der Waals surface area (Å²) in [6.07, 6.45) is 5.18. The van der Waals surface area contributed by atoms with Gasteiger partial charge in [-0.15, -0.1) is 11.8 Å². The van der Waals surface area contributed by atoms with Crippen molar-refractivity contribution in [1.82, 2.24) is 9.55 Å². The van der Waals surface area contributed by atoms with E-state index in [1.165, 1.54) is 32.6 Å². The van der Waals surface area contributed by atoms with Crippen LogP contribution in [0, 0.1) is 6.92 Å². The number of hydrogen-bond donors (Lipinski definition) is 0. The monoisotopic (exact) mass is 367 g/mol. The van der Waals surface area contributed by atoms with Gasteiger partial charge >= 0.3 is 0 Å². The summed E-state index contributed by atoms with van der Waals surface area (Å²) in [5.41, 5.74) is 5.42. The van der Waals surface area contributed by atoms with Crippen molar-refractivity contribution < 1.29 is 4.74 Å². The molecule has 4 rings (SSSR count). The van der Waals surface area contributed by atoms with E-state index < -0.39 is 0 Å². The van der Waals surface area contributed by atoms with Gasteiger partial charge in [-0.3, -0.25) is 0 Å². The third-order valence-electron chi connectivity index (χ3n) is 5.31. The van der Waals surface area contributed by atoms with E-state index in [1.54, 1.807) is 7.11 Å². The number of hydrogen-bond acceptors (Lipinski definition) is 4. The number of aromatic nitrogens is 2. The number of ether oxygens (including phenoxy) is 1. The second-order valence-corrected chi connectivity index (χ2v) is 7.55. The van der Waals surface area contributed by atoms with Gasteiger partial charge < -0.3 is 14.2 Å². The fourth-order valence-electron chi connectivity index (χ4n) is 4.01. The third-order valence-corrected chi connectivity index (χ3v) is 6.23. The summed E-state index contributed by atoms with van der Waals surface area (Å²) >= 11 is 1.82. The Morgan fingerprint density at radius 3 is 2.77 bits per heavy atom. The van der Waals surface area contributed by atoms with Gasteiger partial charge in [0.25, 0.3) is 0 Å². The Labute approximate surface area is 159 Å². The first kappa shape index (κ1) is 17.4. The van der Waals surface area contributed by atoms with Crippen LogP contribution in [0.1, 0.15) is 16.8 Å². The van der Waals surface area contributed by atoms with E-state index in [2.05, 4.69) is 53.0 Å². The van der Waals surface area contributed by atoms with Crippen molar-refractivity contribution in [2.45, 2.75) is 31.3 Å². The molecule has 1 aromatic carbocycles. The molecule has 136 valence electrons. The molecular weight excluding hydrogens is 342 g/mol. The highest BCUT2D eigenvalue weighted by atomic mass is 32.2. The molecule has 1 aliphatic rings. The quantitative estimate of drug-likeness (QED) is 0.630. The predicted octanol–water partition coefficient (Wildman–Crippen LogP) is 4.28. The van der Waals surface area contributed by atoms with Gasteiger partial charge in [0, 0.05) is 48.9 Å². The smallest absolute Gasteiger partial charge is 0.153 e. The molecule has 1 aliphatic heterocycles. The van der Waals surface area contributed by atoms with Crippen LogP contribution in [0.3, 0.4) is 0 Å². The van der Waals surface area contributed by atoms with E-state index in [0.717, 1.165) is 31.9 Å². The van der Waals surface area contributed by atoms with E-state index in [-0.39, 0.29) is 0 Å². The summed E-state index contributed by atoms with van der Waals surface area (Å²) in [5, 5.41) is 1.30. The SMILES string of the molecule is COCCn1c(C)c(SC)c2ccnc(N3CCc4ccccc4C3)c21. The lowest BCUT2D eigenvalue weighted by atomic mass is 10.00. The normalized spacial score (nSPS) is 14.0. The van der Waals surface area contributed by atoms with Crippen molar-refractivity contribution in [3.05, 3.63) is 53.3 Å². The molecule has 0 aliphatic carbocycles. The van der Waals surface area contributed by atoms with Crippen LogP contribution < -0.4 is 4.90 Å². The fraction of sp³-hybridized carbons (Fsp3) is 0.381. The van der Waals surface area contributed by atoms with Gasteiger partial charge in [0.2, 0.25) is 0 Å². The van der Waals surface area contributed by atoms with Gasteiger partial charge in [0.05, 0.1) is 12.1 Å². The van der Waals surface area contributed by atoms with Crippen LogP contribution in [0.5, 0.6) is 0 Å². The van der Waals surface area contributed by atoms with Gasteiger partial charge in [-0.1, -0.05) is 24.3 Å². The predicted molar refractivity (Wildman–Crippen MR) is 109 cm³/mol. The molecular formula is C21H25N3OS. The lowest BCUT2D eigenvalue weighted by molar-refractivity contribution is 0.188. The molecule has 3 aromatic rings. The van der Waals surface area contributed by atoms with Gasteiger partial charge in [-0.25, -0.2) is 4.98 Å². The maximum atomic E-state index is 5.36. The molecule has 2 aromatic heterocycles. The van der Waals surface area contributed by atoms with E-state index in [1.807, 2.05) is 18.0 Å². The fourth-order valence-corrected chi connectivity index (χ4v) is 4.80. The minimum absolute atomic E-state index is 0.704. The summed E-state index contributed by atoms with van der Waals surface area (Å²) < 4.78 is 7.75. The molecule has 26 heavy (non-hydrogen) atoms. The number of benzene rings is 1. The summed E-state index contributed by atoms with van der Waals surface area (Å²) in [6.45, 7) is 5.69. The Morgan fingerprint density at radius 2 is 2.00 bits per heavy atom. The van der Waals surface area contributed by atoms with Gasteiger partial charge in [-0.05, 0) is 36.8 Å². The zero-order chi connectivity index (χ0) is 18.1. The van der Waals surface area contributed by atoms with Crippen molar-refractivity contribution in [1.29, 1.82) is 0 Å². The Balaban J connectivity index is 1.83. The zero-order valence-corrected chi connectivity index (χ0v) is 16.5. The molecule has 0 spiro atoms. The Hall–Kier alpha value is -1.98. The van der Waals surface area contributed by atoms with Crippen LogP contribution in [0.4, 0.5) is 5.82 Å². The molecule has 0 bridgehead atoms. The number of rotatable bonds is 5. The van der Waals surface area contributed by atoms with Crippen molar-refractivity contribution >= 4 is 28.5 Å². The maximum Gasteiger partial charge on any atom is 0.153 e. The number of methoxy groups -OCH3 is 1. The van der Waals surface area contributed by atoms with E-state index in [9.17, 15) is 0 Å². The summed E-state index contributed by atoms with van der Waals surface area (Å²) in [5.74, 6) is 1.09. The molecule has 0 unspecified atom stereocenters. The van der Waals surface area contributed by atoms with Crippen molar-refractivity contribution in [3.8, 4) is 0 Å². The maximum absolute atomic E-state index is 5.36. The van der Waals surface area contributed by atoms with Crippen LogP contribution in [-0.2, 0) is 24.2 Å². The lowest BCUT2D eigenvalue weighted by Gasteiger charge is -2.30. The standard InChI is InChI=1S/C21H25N3OS/c1-15-20(26-3)18-8-10-22-21(19(18)24(15)12-13-25-2)23-11-9-16-6-4-5-7-17(16)14-23/h4-8,10H,9,11-14H2,1-3H3. The second kappa shape index (κ2) is 7.33. The molecule has 0 saturated heterocycles. The molecule has 4 nitrogen and oxygen atoms in total. The van der Waals surface area contributed by atoms with E-state index >= 15 is 0 Å². The summed E-state index contributed by atoms with van der Waals surface area (Å²) in [6, 6.07) is 10.9. The highest BCUT2D eigenvalue weighted by Gasteiger charge is 2.23. The van der Waals surface area contributed by atoms with E-state index in [0.29, 0.717) is 6.61 Å². The average molecular weight is 368 g/mol. The lowest BCUT2D eigenvalue weighted by Crippen LogP contribution is -2.31. The molecule has 0 N–H and O–H groups in total. The van der Waals surface area contributed by atoms with Crippen LogP contribution in [-0.4, -0.2) is 36.1 Å². The van der Waals surface area contributed by atoms with Crippen LogP contribution >= 0.6 is 11.8 Å². The largest absolute Gasteiger partial charge is 0.383 e. The van der Waals surface area contributed by atoms with Gasteiger partial charge in [0.15, 0.2) is 5.82 Å². The first-order valence-electron chi connectivity index (χ1n) is 9.07. The number of anilines is 1. The third kappa shape index (κ3) is 2.89. The van der Waals surface area contributed by atoms with Gasteiger partial charge in [0.1, 0.15) is 0 Å². The minimum Gasteiger partial charge on any atom is -0.383 e. The molecule has 0 radical (unpaired) electrons. The zero-order valence-electron chi connectivity index (χ0n) is 15.7. The Morgan fingerprint density at radius 1 is 1.19 bits per heavy atom. The van der Waals surface area contributed by atoms with Crippen molar-refractivity contribution in [2.24, 2.45) is 0 Å². The Bertz CT molecular complexity index is 934. The Kier molecular flexibility index (Phi) is 4.92. The average Bonchev–Trinajstić information content (AvgIpc) is 2.96. The first-order chi connectivity index (χ1) is 12.7. The molecule has 3 heterocycles. The first-order valence-corrected chi connectivity index (χ1v) is 10.3. The number of pyridine rings is 1. The molecule has 0 atom stereocenters. The number of thioether (sulfide) groups is 1. The molecule has 0 saturated carbocycles. The van der Waals surface area contributed by atoms with Crippen LogP contribution in [0.25, 0.3) is 10.9 Å². The topological polar surface area (TPSA) is 30.3 Å². The second-order valence-electron chi connectivity index (χ2n) is 6.73. The van der Waals surface area contributed by atoms with E-state index in [4.69, 9.17) is 9.72 Å². The van der Waals surface area contributed by atoms with Crippen molar-refractivity contribution in [2.75, 3.05) is 31.4 Å². The van der Waals surface area contributed by atoms with Crippen molar-refractivity contribution in [3.63, 3.8) is 0 Å². The summed E-state index contributed by atoms with van der Waals surface area (Å²) in [4.78, 5) is 8.59. The van der Waals surface area contributed by atoms with Crippen LogP contribution in [0.15, 0.2) is 41.4 Å². The number of fused-ring (bicyclic) bond motifs is 2.